The summed E-state index contributed by atoms with van der Waals surface area (Å²) in [5.41, 5.74) is 0.688. The molecular weight excluding hydrogens is 364 g/mol. The van der Waals surface area contributed by atoms with Gasteiger partial charge in [-0.2, -0.15) is 0 Å². The van der Waals surface area contributed by atoms with Crippen LogP contribution in [-0.2, 0) is 14.3 Å². The second-order valence-electron chi connectivity index (χ2n) is 7.25. The molecule has 1 aromatic rings. The summed E-state index contributed by atoms with van der Waals surface area (Å²) in [5.74, 6) is -1.01. The normalized spacial score (nSPS) is 21.9. The Morgan fingerprint density at radius 2 is 1.96 bits per heavy atom. The van der Waals surface area contributed by atoms with Crippen molar-refractivity contribution in [1.82, 2.24) is 10.2 Å². The van der Waals surface area contributed by atoms with Crippen LogP contribution in [0.3, 0.4) is 0 Å². The van der Waals surface area contributed by atoms with Gasteiger partial charge in [0.25, 0.3) is 5.91 Å². The molecule has 0 aliphatic carbocycles. The first-order valence-corrected chi connectivity index (χ1v) is 9.62. The summed E-state index contributed by atoms with van der Waals surface area (Å²) in [4.78, 5) is 37.6. The third kappa shape index (κ3) is 4.18. The molecule has 0 radical (unpaired) electrons. The van der Waals surface area contributed by atoms with E-state index in [1.54, 1.807) is 18.2 Å². The number of piperidine rings is 1. The summed E-state index contributed by atoms with van der Waals surface area (Å²) in [6, 6.07) is 4.16. The quantitative estimate of drug-likeness (QED) is 0.515. The Morgan fingerprint density at radius 1 is 1.21 bits per heavy atom. The van der Waals surface area contributed by atoms with Gasteiger partial charge in [-0.05, 0) is 39.2 Å². The van der Waals surface area contributed by atoms with Gasteiger partial charge in [-0.25, -0.2) is 0 Å². The first-order chi connectivity index (χ1) is 13.4. The van der Waals surface area contributed by atoms with Crippen molar-refractivity contribution < 1.29 is 29.0 Å². The molecular formula is C20H26N2O6. The molecule has 152 valence electrons. The number of carbonyl (C=O) groups excluding carboxylic acids is 3. The topological polar surface area (TPSA) is 105 Å². The second kappa shape index (κ2) is 8.70. The van der Waals surface area contributed by atoms with Gasteiger partial charge in [0.15, 0.2) is 6.23 Å². The Morgan fingerprint density at radius 3 is 2.68 bits per heavy atom. The van der Waals surface area contributed by atoms with Gasteiger partial charge < -0.3 is 14.6 Å². The maximum Gasteiger partial charge on any atom is 0.261 e. The first kappa shape index (κ1) is 20.3. The van der Waals surface area contributed by atoms with Crippen molar-refractivity contribution in [2.75, 3.05) is 13.2 Å². The van der Waals surface area contributed by atoms with E-state index in [0.29, 0.717) is 24.5 Å². The molecule has 2 atom stereocenters. The number of unbranched alkanes of at least 4 members (excludes halogenated alkanes) is 1. The summed E-state index contributed by atoms with van der Waals surface area (Å²) in [5, 5.41) is 12.9. The van der Waals surface area contributed by atoms with Crippen molar-refractivity contribution in [2.24, 2.45) is 0 Å². The van der Waals surface area contributed by atoms with E-state index in [4.69, 9.17) is 9.47 Å². The van der Waals surface area contributed by atoms with Gasteiger partial charge in [-0.15, -0.1) is 0 Å². The first-order valence-electron chi connectivity index (χ1n) is 9.62. The lowest BCUT2D eigenvalue weighted by molar-refractivity contribution is -0.139. The highest BCUT2D eigenvalue weighted by Gasteiger charge is 2.45. The smallest absolute Gasteiger partial charge is 0.261 e. The molecule has 0 aromatic heterocycles. The number of rotatable bonds is 8. The van der Waals surface area contributed by atoms with Crippen molar-refractivity contribution in [2.45, 2.75) is 57.9 Å². The molecule has 2 aliphatic heterocycles. The summed E-state index contributed by atoms with van der Waals surface area (Å²) >= 11 is 0. The molecule has 2 unspecified atom stereocenters. The lowest BCUT2D eigenvalue weighted by Gasteiger charge is -2.31. The Bertz CT molecular complexity index is 763. The number of fused-ring (bicyclic) bond motifs is 1. The van der Waals surface area contributed by atoms with Gasteiger partial charge in [0.2, 0.25) is 11.8 Å². The van der Waals surface area contributed by atoms with Gasteiger partial charge >= 0.3 is 0 Å². The number of amides is 3. The van der Waals surface area contributed by atoms with Gasteiger partial charge in [0, 0.05) is 18.6 Å². The molecule has 1 fully saturated rings. The van der Waals surface area contributed by atoms with E-state index in [1.165, 1.54) is 0 Å². The average molecular weight is 390 g/mol. The molecule has 2 aliphatic rings. The summed E-state index contributed by atoms with van der Waals surface area (Å²) in [6.45, 7) is 5.03. The molecule has 0 bridgehead atoms. The number of aliphatic hydroxyl groups is 1. The Labute approximate surface area is 163 Å². The van der Waals surface area contributed by atoms with E-state index in [0.717, 1.165) is 17.7 Å². The van der Waals surface area contributed by atoms with Crippen molar-refractivity contribution in [1.29, 1.82) is 0 Å². The van der Waals surface area contributed by atoms with Gasteiger partial charge in [-0.3, -0.25) is 24.6 Å². The van der Waals surface area contributed by atoms with Crippen LogP contribution >= 0.6 is 0 Å². The molecule has 1 aromatic carbocycles. The minimum Gasteiger partial charge on any atom is -0.493 e. The van der Waals surface area contributed by atoms with E-state index in [-0.39, 0.29) is 30.4 Å². The third-order valence-corrected chi connectivity index (χ3v) is 4.84. The number of carbonyl (C=O) groups is 3. The monoisotopic (exact) mass is 390 g/mol. The molecule has 28 heavy (non-hydrogen) atoms. The number of aliphatic hydroxyl groups excluding tert-OH is 1. The lowest BCUT2D eigenvalue weighted by atomic mass is 10.0. The maximum atomic E-state index is 13.0. The van der Waals surface area contributed by atoms with Crippen LogP contribution in [0.2, 0.25) is 0 Å². The Balaban J connectivity index is 1.67. The van der Waals surface area contributed by atoms with Crippen LogP contribution in [-0.4, -0.2) is 53.1 Å². The number of hydrogen-bond donors (Lipinski definition) is 2. The Kier molecular flexibility index (Phi) is 6.31. The average Bonchev–Trinajstić information content (AvgIpc) is 2.90. The molecule has 0 saturated carbocycles. The molecule has 3 rings (SSSR count). The van der Waals surface area contributed by atoms with E-state index in [1.807, 2.05) is 13.8 Å². The minimum atomic E-state index is -1.24. The van der Waals surface area contributed by atoms with Gasteiger partial charge in [0.05, 0.1) is 18.3 Å². The van der Waals surface area contributed by atoms with Crippen LogP contribution in [0.25, 0.3) is 0 Å². The zero-order chi connectivity index (χ0) is 20.3. The van der Waals surface area contributed by atoms with Crippen LogP contribution in [0.1, 0.15) is 61.7 Å². The summed E-state index contributed by atoms with van der Waals surface area (Å²) in [7, 11) is 0. The predicted octanol–water partition coefficient (Wildman–Crippen LogP) is 1.52. The molecule has 8 nitrogen and oxygen atoms in total. The highest BCUT2D eigenvalue weighted by Crippen LogP contribution is 2.39. The minimum absolute atomic E-state index is 0.130. The number of benzene rings is 1. The summed E-state index contributed by atoms with van der Waals surface area (Å²) < 4.78 is 11.3. The highest BCUT2D eigenvalue weighted by molar-refractivity contribution is 6.06. The maximum absolute atomic E-state index is 13.0. The van der Waals surface area contributed by atoms with E-state index in [9.17, 15) is 19.5 Å². The van der Waals surface area contributed by atoms with Crippen molar-refractivity contribution in [3.8, 4) is 5.75 Å². The van der Waals surface area contributed by atoms with Crippen molar-refractivity contribution in [3.05, 3.63) is 29.3 Å². The zero-order valence-corrected chi connectivity index (χ0v) is 16.1. The molecule has 2 N–H and O–H groups in total. The number of nitrogens with zero attached hydrogens (tertiary/aromatic N) is 1. The molecule has 1 saturated heterocycles. The Hall–Kier alpha value is -2.45. The van der Waals surface area contributed by atoms with Crippen LogP contribution in [0.15, 0.2) is 18.2 Å². The molecule has 0 spiro atoms. The van der Waals surface area contributed by atoms with E-state index in [2.05, 4.69) is 5.32 Å². The van der Waals surface area contributed by atoms with Crippen molar-refractivity contribution in [3.63, 3.8) is 0 Å². The molecule has 3 amide bonds. The number of hydrogen-bond acceptors (Lipinski definition) is 6. The van der Waals surface area contributed by atoms with Crippen LogP contribution in [0, 0.1) is 0 Å². The second-order valence-corrected chi connectivity index (χ2v) is 7.25. The standard InChI is InChI=1S/C20H26N2O6/c1-12(2)27-10-3-4-11-28-15-7-5-6-13-17(15)20(26)22(19(13)25)14-8-9-16(23)21-18(14)24/h5-7,12,14,19,25H,3-4,8-11H2,1-2H3,(H,21,23,24). The predicted molar refractivity (Wildman–Crippen MR) is 99.6 cm³/mol. The van der Waals surface area contributed by atoms with Crippen LogP contribution < -0.4 is 10.1 Å². The number of ether oxygens (including phenoxy) is 2. The number of nitrogens with one attached hydrogen (secondary N) is 1. The molecule has 8 heteroatoms. The number of imide groups is 1. The SMILES string of the molecule is CC(C)OCCCCOc1cccc2c1C(=O)N(C1CCC(=O)NC1=O)C2O. The van der Waals surface area contributed by atoms with E-state index >= 15 is 0 Å². The fourth-order valence-electron chi connectivity index (χ4n) is 3.47. The lowest BCUT2D eigenvalue weighted by Crippen LogP contribution is -2.53. The third-order valence-electron chi connectivity index (χ3n) is 4.84. The van der Waals surface area contributed by atoms with Crippen LogP contribution in [0.5, 0.6) is 5.75 Å². The highest BCUT2D eigenvalue weighted by atomic mass is 16.5. The van der Waals surface area contributed by atoms with E-state index < -0.39 is 24.1 Å². The van der Waals surface area contributed by atoms with Crippen molar-refractivity contribution >= 4 is 17.7 Å². The fraction of sp³-hybridized carbons (Fsp3) is 0.550. The fourth-order valence-corrected chi connectivity index (χ4v) is 3.47. The molecule has 2 heterocycles. The van der Waals surface area contributed by atoms with Gasteiger partial charge in [-0.1, -0.05) is 12.1 Å². The zero-order valence-electron chi connectivity index (χ0n) is 16.1. The largest absolute Gasteiger partial charge is 0.493 e. The summed E-state index contributed by atoms with van der Waals surface area (Å²) in [6.07, 6.45) is 0.875. The van der Waals surface area contributed by atoms with Gasteiger partial charge in [0.1, 0.15) is 11.8 Å². The van der Waals surface area contributed by atoms with Crippen LogP contribution in [0.4, 0.5) is 0 Å².